The largest absolute Gasteiger partial charge is 0.432 e. The van der Waals surface area contributed by atoms with Crippen molar-refractivity contribution < 1.29 is 48.6 Å². The van der Waals surface area contributed by atoms with E-state index in [0.29, 0.717) is 23.3 Å². The number of hydrogen-bond donors (Lipinski definition) is 0. The summed E-state index contributed by atoms with van der Waals surface area (Å²) in [5, 5.41) is 0. The van der Waals surface area contributed by atoms with Gasteiger partial charge in [0, 0.05) is 17.7 Å². The second-order valence-corrected chi connectivity index (χ2v) is 8.44. The first-order chi connectivity index (χ1) is 18.2. The fourth-order valence-corrected chi connectivity index (χ4v) is 3.95. The van der Waals surface area contributed by atoms with Crippen molar-refractivity contribution in [2.24, 2.45) is 0 Å². The zero-order chi connectivity index (χ0) is 28.7. The number of aryl methyl sites for hydroxylation is 1. The lowest BCUT2D eigenvalue weighted by Gasteiger charge is -2.21. The van der Waals surface area contributed by atoms with Crippen LogP contribution in [-0.2, 0) is 18.7 Å². The van der Waals surface area contributed by atoms with Crippen molar-refractivity contribution in [1.82, 2.24) is 0 Å². The van der Waals surface area contributed by atoms with Crippen molar-refractivity contribution in [2.75, 3.05) is 0 Å². The topological polar surface area (TPSA) is 9.23 Å². The maximum absolute atomic E-state index is 14.9. The van der Waals surface area contributed by atoms with Crippen LogP contribution in [0.2, 0.25) is 0 Å². The maximum atomic E-state index is 14.9. The zero-order valence-electron chi connectivity index (χ0n) is 19.7. The van der Waals surface area contributed by atoms with E-state index in [2.05, 4.69) is 4.74 Å². The van der Waals surface area contributed by atoms with Gasteiger partial charge in [-0.2, -0.15) is 22.0 Å². The Morgan fingerprint density at radius 2 is 1.05 bits per heavy atom. The van der Waals surface area contributed by atoms with Gasteiger partial charge in [0.25, 0.3) is 0 Å². The Bertz CT molecular complexity index is 1480. The number of alkyl halides is 5. The molecule has 4 rings (SSSR count). The Morgan fingerprint density at radius 3 is 1.54 bits per heavy atom. The zero-order valence-corrected chi connectivity index (χ0v) is 19.7. The molecule has 0 aliphatic heterocycles. The molecule has 39 heavy (non-hydrogen) atoms. The van der Waals surface area contributed by atoms with Crippen molar-refractivity contribution in [3.63, 3.8) is 0 Å². The van der Waals surface area contributed by atoms with Crippen LogP contribution in [0.25, 0.3) is 22.3 Å². The summed E-state index contributed by atoms with van der Waals surface area (Å²) in [6.45, 7) is 1.96. The second kappa shape index (κ2) is 10.3. The van der Waals surface area contributed by atoms with Crippen molar-refractivity contribution in [3.05, 3.63) is 113 Å². The normalized spacial score (nSPS) is 12.1. The molecular weight excluding hydrogens is 542 g/mol. The minimum atomic E-state index is -5.48. The van der Waals surface area contributed by atoms with Gasteiger partial charge in [-0.3, -0.25) is 0 Å². The van der Waals surface area contributed by atoms with Gasteiger partial charge in [0.05, 0.1) is 0 Å². The Balaban J connectivity index is 1.65. The molecular formula is C28H16F10O. The molecule has 0 N–H and O–H groups in total. The second-order valence-electron chi connectivity index (χ2n) is 8.44. The quantitative estimate of drug-likeness (QED) is 0.214. The summed E-state index contributed by atoms with van der Waals surface area (Å²) in [5.41, 5.74) is -2.95. The summed E-state index contributed by atoms with van der Waals surface area (Å²) in [7, 11) is 0. The van der Waals surface area contributed by atoms with E-state index in [1.54, 1.807) is 12.1 Å². The summed E-state index contributed by atoms with van der Waals surface area (Å²) in [4.78, 5) is 0. The van der Waals surface area contributed by atoms with Gasteiger partial charge in [-0.05, 0) is 46.9 Å². The van der Waals surface area contributed by atoms with Crippen LogP contribution in [0, 0.1) is 29.1 Å². The molecule has 0 atom stereocenters. The van der Waals surface area contributed by atoms with E-state index in [1.165, 1.54) is 12.1 Å². The number of ether oxygens (including phenoxy) is 1. The molecule has 0 fully saturated rings. The summed E-state index contributed by atoms with van der Waals surface area (Å²) in [5.74, 6) is -10.7. The molecule has 0 saturated heterocycles. The third-order valence-electron chi connectivity index (χ3n) is 5.85. The standard InChI is InChI=1S/C28H16F10O/c1-2-14-3-5-15(6-4-14)16-7-8-19(20(29)9-16)17-10-21(30)26(22(31)11-17)28(37,38)39-18-12-23(32)25(24(33)13-18)27(34,35)36/h3-13H,2H2,1H3. The first-order valence-corrected chi connectivity index (χ1v) is 11.2. The van der Waals surface area contributed by atoms with Crippen LogP contribution in [0.15, 0.2) is 66.7 Å². The van der Waals surface area contributed by atoms with Crippen LogP contribution in [0.5, 0.6) is 5.75 Å². The molecule has 0 heterocycles. The highest BCUT2D eigenvalue weighted by atomic mass is 19.4. The van der Waals surface area contributed by atoms with Crippen molar-refractivity contribution >= 4 is 0 Å². The third kappa shape index (κ3) is 5.71. The SMILES string of the molecule is CCc1ccc(-c2ccc(-c3cc(F)c(C(F)(F)Oc4cc(F)c(C(F)(F)F)c(F)c4)c(F)c3)c(F)c2)cc1. The molecule has 4 aromatic carbocycles. The van der Waals surface area contributed by atoms with E-state index in [1.807, 2.05) is 19.1 Å². The average molecular weight is 558 g/mol. The van der Waals surface area contributed by atoms with Gasteiger partial charge in [0.2, 0.25) is 0 Å². The molecule has 0 bridgehead atoms. The maximum Gasteiger partial charge on any atom is 0.432 e. The van der Waals surface area contributed by atoms with Crippen LogP contribution in [0.3, 0.4) is 0 Å². The number of halogens is 10. The minimum absolute atomic E-state index is 0.198. The molecule has 0 unspecified atom stereocenters. The molecule has 0 saturated carbocycles. The van der Waals surface area contributed by atoms with Gasteiger partial charge in [0.15, 0.2) is 0 Å². The van der Waals surface area contributed by atoms with Gasteiger partial charge in [0.1, 0.15) is 46.0 Å². The van der Waals surface area contributed by atoms with E-state index in [4.69, 9.17) is 0 Å². The van der Waals surface area contributed by atoms with Gasteiger partial charge in [-0.25, -0.2) is 22.0 Å². The fraction of sp³-hybridized carbons (Fsp3) is 0.143. The number of benzene rings is 4. The predicted octanol–water partition coefficient (Wildman–Crippen LogP) is 9.43. The van der Waals surface area contributed by atoms with Crippen LogP contribution in [0.1, 0.15) is 23.6 Å². The van der Waals surface area contributed by atoms with Crippen LogP contribution in [-0.4, -0.2) is 0 Å². The highest BCUT2D eigenvalue weighted by Crippen LogP contribution is 2.40. The van der Waals surface area contributed by atoms with Crippen LogP contribution in [0.4, 0.5) is 43.9 Å². The van der Waals surface area contributed by atoms with Gasteiger partial charge < -0.3 is 4.74 Å². The first kappa shape index (κ1) is 28.0. The van der Waals surface area contributed by atoms with Gasteiger partial charge >= 0.3 is 12.3 Å². The van der Waals surface area contributed by atoms with E-state index in [9.17, 15) is 43.9 Å². The van der Waals surface area contributed by atoms with E-state index in [-0.39, 0.29) is 17.7 Å². The molecule has 11 heteroatoms. The van der Waals surface area contributed by atoms with Crippen LogP contribution < -0.4 is 4.74 Å². The van der Waals surface area contributed by atoms with Crippen molar-refractivity contribution in [1.29, 1.82) is 0 Å². The minimum Gasteiger partial charge on any atom is -0.429 e. The molecule has 0 spiro atoms. The molecule has 0 aliphatic rings. The molecule has 4 aromatic rings. The molecule has 0 amide bonds. The molecule has 1 nitrogen and oxygen atoms in total. The monoisotopic (exact) mass is 558 g/mol. The average Bonchev–Trinajstić information content (AvgIpc) is 2.81. The Morgan fingerprint density at radius 1 is 0.564 bits per heavy atom. The van der Waals surface area contributed by atoms with Crippen molar-refractivity contribution in [3.8, 4) is 28.0 Å². The van der Waals surface area contributed by atoms with E-state index in [0.717, 1.165) is 18.1 Å². The Kier molecular flexibility index (Phi) is 7.38. The molecule has 0 radical (unpaired) electrons. The lowest BCUT2D eigenvalue weighted by Crippen LogP contribution is -2.25. The lowest BCUT2D eigenvalue weighted by atomic mass is 9.97. The van der Waals surface area contributed by atoms with Crippen molar-refractivity contribution in [2.45, 2.75) is 25.6 Å². The molecule has 0 aromatic heterocycles. The van der Waals surface area contributed by atoms with Gasteiger partial charge in [-0.15, -0.1) is 0 Å². The van der Waals surface area contributed by atoms with Crippen LogP contribution >= 0.6 is 0 Å². The lowest BCUT2D eigenvalue weighted by molar-refractivity contribution is -0.189. The molecule has 0 aliphatic carbocycles. The molecule has 204 valence electrons. The summed E-state index contributed by atoms with van der Waals surface area (Å²) in [6.07, 6.45) is -9.60. The highest BCUT2D eigenvalue weighted by molar-refractivity contribution is 5.71. The Labute approximate surface area is 215 Å². The fourth-order valence-electron chi connectivity index (χ4n) is 3.95. The van der Waals surface area contributed by atoms with E-state index >= 15 is 0 Å². The summed E-state index contributed by atoms with van der Waals surface area (Å²) < 4.78 is 143. The predicted molar refractivity (Wildman–Crippen MR) is 122 cm³/mol. The van der Waals surface area contributed by atoms with Gasteiger partial charge in [-0.1, -0.05) is 43.3 Å². The Hall–Kier alpha value is -4.02. The third-order valence-corrected chi connectivity index (χ3v) is 5.85. The first-order valence-electron chi connectivity index (χ1n) is 11.2. The summed E-state index contributed by atoms with van der Waals surface area (Å²) >= 11 is 0. The van der Waals surface area contributed by atoms with E-state index < -0.39 is 63.8 Å². The number of rotatable bonds is 6. The number of hydrogen-bond acceptors (Lipinski definition) is 1. The highest BCUT2D eigenvalue weighted by Gasteiger charge is 2.43. The summed E-state index contributed by atoms with van der Waals surface area (Å²) in [6, 6.07) is 11.4. The smallest absolute Gasteiger partial charge is 0.429 e.